The molecule has 0 aromatic heterocycles. The number of amides is 1. The summed E-state index contributed by atoms with van der Waals surface area (Å²) >= 11 is 0. The Hall–Kier alpha value is -2.23. The Morgan fingerprint density at radius 1 is 1.29 bits per heavy atom. The third-order valence-electron chi connectivity index (χ3n) is 2.96. The van der Waals surface area contributed by atoms with Crippen LogP contribution in [-0.4, -0.2) is 11.7 Å². The van der Waals surface area contributed by atoms with Crippen LogP contribution in [0.15, 0.2) is 24.3 Å². The molecule has 3 rings (SSSR count). The van der Waals surface area contributed by atoms with E-state index in [4.69, 9.17) is 0 Å². The average Bonchev–Trinajstić information content (AvgIpc) is 2.62. The van der Waals surface area contributed by atoms with E-state index in [1.54, 1.807) is 0 Å². The van der Waals surface area contributed by atoms with Gasteiger partial charge in [-0.05, 0) is 31.2 Å². The smallest absolute Gasteiger partial charge is 0.256 e. The lowest BCUT2D eigenvalue weighted by Gasteiger charge is -2.03. The minimum atomic E-state index is -0.426. The predicted octanol–water partition coefficient (Wildman–Crippen LogP) is 2.75. The lowest BCUT2D eigenvalue weighted by Crippen LogP contribution is -2.05. The Kier molecular flexibility index (Phi) is 1.84. The molecule has 1 aliphatic rings. The number of nitrogens with one attached hydrogen (secondary N) is 1. The van der Waals surface area contributed by atoms with Gasteiger partial charge in [0.25, 0.3) is 5.91 Å². The highest BCUT2D eigenvalue weighted by atomic mass is 19.1. The summed E-state index contributed by atoms with van der Waals surface area (Å²) in [5.74, 6) is -0.907. The van der Waals surface area contributed by atoms with E-state index in [0.29, 0.717) is 27.6 Å². The van der Waals surface area contributed by atoms with Crippen LogP contribution in [0, 0.1) is 5.82 Å². The quantitative estimate of drug-likeness (QED) is 0.764. The Labute approximate surface area is 96.2 Å². The van der Waals surface area contributed by atoms with Crippen molar-refractivity contribution in [3.05, 3.63) is 41.2 Å². The maximum Gasteiger partial charge on any atom is 0.256 e. The molecule has 1 amide bonds. The van der Waals surface area contributed by atoms with E-state index >= 15 is 0 Å². The van der Waals surface area contributed by atoms with E-state index in [9.17, 15) is 14.0 Å². The summed E-state index contributed by atoms with van der Waals surface area (Å²) in [6.07, 6.45) is 0. The van der Waals surface area contributed by atoms with Gasteiger partial charge >= 0.3 is 0 Å². The summed E-state index contributed by atoms with van der Waals surface area (Å²) in [6, 6.07) is 5.81. The highest BCUT2D eigenvalue weighted by Crippen LogP contribution is 2.35. The predicted molar refractivity (Wildman–Crippen MR) is 61.9 cm³/mol. The zero-order valence-corrected chi connectivity index (χ0v) is 9.00. The molecule has 0 fully saturated rings. The number of benzene rings is 2. The molecule has 0 unspecified atom stereocenters. The Morgan fingerprint density at radius 2 is 2.06 bits per heavy atom. The Balaban J connectivity index is 2.50. The normalized spacial score (nSPS) is 12.9. The van der Waals surface area contributed by atoms with Gasteiger partial charge in [0.05, 0.1) is 5.56 Å². The molecule has 0 atom stereocenters. The molecule has 3 nitrogen and oxygen atoms in total. The summed E-state index contributed by atoms with van der Waals surface area (Å²) in [5.41, 5.74) is 1.30. The lowest BCUT2D eigenvalue weighted by molar-refractivity contribution is 0.101. The van der Waals surface area contributed by atoms with Crippen molar-refractivity contribution in [2.24, 2.45) is 0 Å². The molecule has 0 saturated carbocycles. The molecular formula is C13H8FNO2. The van der Waals surface area contributed by atoms with Crippen molar-refractivity contribution in [1.29, 1.82) is 0 Å². The lowest BCUT2D eigenvalue weighted by atomic mass is 9.99. The topological polar surface area (TPSA) is 46.2 Å². The second-order valence-corrected chi connectivity index (χ2v) is 4.05. The number of carbonyl (C=O) groups excluding carboxylic acids is 2. The van der Waals surface area contributed by atoms with Gasteiger partial charge in [0.2, 0.25) is 0 Å². The van der Waals surface area contributed by atoms with Crippen LogP contribution < -0.4 is 5.32 Å². The highest BCUT2D eigenvalue weighted by Gasteiger charge is 2.24. The van der Waals surface area contributed by atoms with Crippen LogP contribution in [0.1, 0.15) is 27.6 Å². The van der Waals surface area contributed by atoms with Crippen molar-refractivity contribution < 1.29 is 14.0 Å². The Bertz CT molecular complexity index is 691. The number of ketones is 1. The fraction of sp³-hybridized carbons (Fsp3) is 0.0769. The maximum atomic E-state index is 13.7. The first-order valence-electron chi connectivity index (χ1n) is 5.16. The number of anilines is 1. The van der Waals surface area contributed by atoms with Gasteiger partial charge in [-0.25, -0.2) is 4.39 Å². The van der Waals surface area contributed by atoms with Crippen molar-refractivity contribution in [1.82, 2.24) is 0 Å². The molecule has 0 radical (unpaired) electrons. The molecular weight excluding hydrogens is 221 g/mol. The minimum Gasteiger partial charge on any atom is -0.321 e. The molecule has 0 bridgehead atoms. The second-order valence-electron chi connectivity index (χ2n) is 4.05. The maximum absolute atomic E-state index is 13.7. The molecule has 1 aliphatic heterocycles. The third kappa shape index (κ3) is 1.27. The molecule has 2 aromatic rings. The molecule has 0 spiro atoms. The molecule has 0 saturated heterocycles. The monoisotopic (exact) mass is 229 g/mol. The van der Waals surface area contributed by atoms with E-state index in [1.807, 2.05) is 0 Å². The number of Topliss-reactive ketones (excluding diaryl/α,β-unsaturated/α-hetero) is 1. The van der Waals surface area contributed by atoms with Crippen molar-refractivity contribution in [3.8, 4) is 0 Å². The number of carbonyl (C=O) groups is 2. The van der Waals surface area contributed by atoms with Gasteiger partial charge in [-0.15, -0.1) is 0 Å². The fourth-order valence-electron chi connectivity index (χ4n) is 2.13. The summed E-state index contributed by atoms with van der Waals surface area (Å²) in [4.78, 5) is 23.0. The SMILES string of the molecule is CC(=O)c1cc2c3c(ccc(F)c3c1)NC2=O. The van der Waals surface area contributed by atoms with Crippen LogP contribution >= 0.6 is 0 Å². The van der Waals surface area contributed by atoms with E-state index in [1.165, 1.54) is 31.2 Å². The Morgan fingerprint density at radius 3 is 2.76 bits per heavy atom. The third-order valence-corrected chi connectivity index (χ3v) is 2.96. The summed E-state index contributed by atoms with van der Waals surface area (Å²) in [7, 11) is 0. The molecule has 17 heavy (non-hydrogen) atoms. The first-order chi connectivity index (χ1) is 8.08. The van der Waals surface area contributed by atoms with E-state index < -0.39 is 5.82 Å². The molecule has 1 heterocycles. The summed E-state index contributed by atoms with van der Waals surface area (Å²) in [6.45, 7) is 1.39. The number of rotatable bonds is 1. The van der Waals surface area contributed by atoms with Gasteiger partial charge in [0.15, 0.2) is 5.78 Å². The fourth-order valence-corrected chi connectivity index (χ4v) is 2.13. The molecule has 84 valence electrons. The van der Waals surface area contributed by atoms with E-state index in [0.717, 1.165) is 0 Å². The largest absolute Gasteiger partial charge is 0.321 e. The zero-order valence-electron chi connectivity index (χ0n) is 9.00. The zero-order chi connectivity index (χ0) is 12.2. The van der Waals surface area contributed by atoms with Crippen molar-refractivity contribution in [3.63, 3.8) is 0 Å². The summed E-state index contributed by atoms with van der Waals surface area (Å²) in [5, 5.41) is 3.51. The van der Waals surface area contributed by atoms with Gasteiger partial charge in [0.1, 0.15) is 5.82 Å². The minimum absolute atomic E-state index is 0.187. The van der Waals surface area contributed by atoms with Gasteiger partial charge < -0.3 is 5.32 Å². The van der Waals surface area contributed by atoms with Crippen LogP contribution in [0.3, 0.4) is 0 Å². The van der Waals surface area contributed by atoms with Crippen LogP contribution in [-0.2, 0) is 0 Å². The van der Waals surface area contributed by atoms with Gasteiger partial charge in [-0.1, -0.05) is 0 Å². The number of hydrogen-bond acceptors (Lipinski definition) is 2. The summed E-state index contributed by atoms with van der Waals surface area (Å²) < 4.78 is 13.7. The van der Waals surface area contributed by atoms with Gasteiger partial charge in [-0.3, -0.25) is 9.59 Å². The van der Waals surface area contributed by atoms with Crippen LogP contribution in [0.4, 0.5) is 10.1 Å². The highest BCUT2D eigenvalue weighted by molar-refractivity contribution is 6.25. The molecule has 1 N–H and O–H groups in total. The van der Waals surface area contributed by atoms with Crippen LogP contribution in [0.25, 0.3) is 10.8 Å². The average molecular weight is 229 g/mol. The number of hydrogen-bond donors (Lipinski definition) is 1. The first-order valence-corrected chi connectivity index (χ1v) is 5.16. The van der Waals surface area contributed by atoms with Gasteiger partial charge in [0, 0.05) is 22.0 Å². The van der Waals surface area contributed by atoms with E-state index in [2.05, 4.69) is 5.32 Å². The number of halogens is 1. The van der Waals surface area contributed by atoms with Crippen molar-refractivity contribution >= 4 is 28.2 Å². The van der Waals surface area contributed by atoms with Crippen molar-refractivity contribution in [2.75, 3.05) is 5.32 Å². The van der Waals surface area contributed by atoms with Crippen molar-refractivity contribution in [2.45, 2.75) is 6.92 Å². The second kappa shape index (κ2) is 3.13. The van der Waals surface area contributed by atoms with Crippen LogP contribution in [0.2, 0.25) is 0 Å². The molecule has 4 heteroatoms. The van der Waals surface area contributed by atoms with Crippen LogP contribution in [0.5, 0.6) is 0 Å². The first kappa shape index (κ1) is 9.96. The standard InChI is InChI=1S/C13H8FNO2/c1-6(16)7-4-8-10(14)2-3-11-12(8)9(5-7)13(17)15-11/h2-5H,1H3,(H,15,17). The van der Waals surface area contributed by atoms with E-state index in [-0.39, 0.29) is 11.7 Å². The molecule has 2 aromatic carbocycles. The molecule has 0 aliphatic carbocycles. The van der Waals surface area contributed by atoms with Gasteiger partial charge in [-0.2, -0.15) is 0 Å².